The number of nitrogens with zero attached hydrogens (tertiary/aromatic N) is 27. The zero-order chi connectivity index (χ0) is 102. The summed E-state index contributed by atoms with van der Waals surface area (Å²) in [4.78, 5) is 111. The third-order valence-corrected chi connectivity index (χ3v) is 30.7. The molecule has 2 saturated heterocycles. The molecule has 4 atom stereocenters. The number of rotatable bonds is 27. The second kappa shape index (κ2) is 45.8. The maximum atomic E-state index is 13.3. The number of carbonyl (C=O) groups excluding carboxylic acids is 4. The molecule has 6 aliphatic heterocycles. The molecule has 0 amide bonds. The molecule has 0 N–H and O–H groups in total. The molecule has 14 heterocycles. The third kappa shape index (κ3) is 23.0. The van der Waals surface area contributed by atoms with Gasteiger partial charge in [-0.25, -0.2) is 54.4 Å². The first-order valence-corrected chi connectivity index (χ1v) is 50.2. The number of aryl methyl sites for hydroxylation is 4. The van der Waals surface area contributed by atoms with Crippen molar-refractivity contribution in [2.75, 3.05) is 66.0 Å². The van der Waals surface area contributed by atoms with Gasteiger partial charge >= 0.3 is 5.97 Å². The highest BCUT2D eigenvalue weighted by Crippen LogP contribution is 2.47. The number of hydrogen-bond acceptors (Lipinski definition) is 24. The largest absolute Gasteiger partial charge is 0.459 e. The number of hydrogen-bond donors (Lipinski definition) is 0. The van der Waals surface area contributed by atoms with Crippen molar-refractivity contribution in [3.05, 3.63) is 321 Å². The van der Waals surface area contributed by atoms with Crippen molar-refractivity contribution in [1.29, 1.82) is 0 Å². The highest BCUT2D eigenvalue weighted by Gasteiger charge is 2.40. The van der Waals surface area contributed by atoms with Gasteiger partial charge in [-0.2, -0.15) is 0 Å². The Kier molecular flexibility index (Phi) is 32.8. The van der Waals surface area contributed by atoms with Crippen LogP contribution in [-0.2, 0) is 50.1 Å². The Morgan fingerprint density at radius 1 is 0.385 bits per heavy atom. The molecule has 0 spiro atoms. The van der Waals surface area contributed by atoms with Crippen LogP contribution >= 0.6 is 45.3 Å². The lowest BCUT2D eigenvalue weighted by molar-refractivity contribution is -0.154. The van der Waals surface area contributed by atoms with Crippen molar-refractivity contribution in [2.24, 2.45) is 20.0 Å². The number of carbonyl (C=O) groups is 4. The molecule has 0 bridgehead atoms. The SMILES string of the molecule is [C-]#[N+]Cc1sc2c(c1C)C(c1ccc([N+]#[C-])cc1)=N[C@@H](CC(=O)CCCCN1CCN(C)CC1)c1nnc(C)n1-2.[C-]#[N+]Cc1sc2c(c1C)C(c1ccc([N+]#[C-])cc1)=N[C@@H](CC(=O)CCCN1CCCCC1)c1nnc(C)n1-2.[C-]#[N+]Cc1sc2c(c1C)C(c1ccc([N+]#[C-])cc1)=N[C@@H](CC(=O)OCC(C)(F)F)c1nnc(C)n1-2.[C-]#[N+]Cc1sc2c(c1C)C(c1ccc([N+]#[C-])cc1)=N[C@@H](CC(C)=O)c1nnc(C)n1-2. The van der Waals surface area contributed by atoms with Crippen LogP contribution in [0.5, 0.6) is 0 Å². The fraction of sp³-hybridized carbons (Fsp3) is 0.390. The molecule has 0 unspecified atom stereocenters. The summed E-state index contributed by atoms with van der Waals surface area (Å²) in [5, 5.41) is 38.3. The molecule has 8 aromatic heterocycles. The number of aromatic nitrogens is 12. The molecule has 18 rings (SSSR count). The predicted molar refractivity (Wildman–Crippen MR) is 548 cm³/mol. The summed E-state index contributed by atoms with van der Waals surface area (Å²) in [7, 11) is 2.16. The van der Waals surface area contributed by atoms with E-state index < -0.39 is 42.7 Å². The smallest absolute Gasteiger partial charge is 0.308 e. The van der Waals surface area contributed by atoms with E-state index in [0.29, 0.717) is 103 Å². The fourth-order valence-electron chi connectivity index (χ4n) is 18.2. The summed E-state index contributed by atoms with van der Waals surface area (Å²) >= 11 is 6.10. The molecule has 38 heteroatoms. The Bertz CT molecular complexity index is 7350. The number of benzene rings is 4. The molecule has 726 valence electrons. The van der Waals surface area contributed by atoms with Crippen LogP contribution in [0.15, 0.2) is 117 Å². The van der Waals surface area contributed by atoms with Crippen LogP contribution in [-0.4, -0.2) is 192 Å². The highest BCUT2D eigenvalue weighted by atomic mass is 32.1. The number of likely N-dealkylation sites (tertiary alicyclic amines) is 1. The number of piperidine rings is 1. The van der Waals surface area contributed by atoms with E-state index in [2.05, 4.69) is 101 Å². The molecular weight excluding hydrogens is 1890 g/mol. The predicted octanol–water partition coefficient (Wildman–Crippen LogP) is 21.4. The molecule has 143 heavy (non-hydrogen) atoms. The monoisotopic (exact) mass is 1990 g/mol. The minimum Gasteiger partial charge on any atom is -0.459 e. The summed E-state index contributed by atoms with van der Waals surface area (Å²) in [5.74, 6) is 1.50. The quantitative estimate of drug-likeness (QED) is 0.0262. The molecule has 2 fully saturated rings. The van der Waals surface area contributed by atoms with Crippen molar-refractivity contribution >= 4 is 114 Å². The van der Waals surface area contributed by atoms with Crippen LogP contribution in [0.2, 0.25) is 0 Å². The molecular formula is C105H103F2N27O5S4. The normalized spacial score (nSPS) is 16.1. The van der Waals surface area contributed by atoms with Gasteiger partial charge in [-0.1, -0.05) is 103 Å². The van der Waals surface area contributed by atoms with Crippen LogP contribution in [0.3, 0.4) is 0 Å². The van der Waals surface area contributed by atoms with E-state index in [4.69, 9.17) is 77.3 Å². The van der Waals surface area contributed by atoms with Crippen molar-refractivity contribution in [3.63, 3.8) is 0 Å². The minimum atomic E-state index is -3.14. The van der Waals surface area contributed by atoms with Crippen LogP contribution in [0, 0.1) is 108 Å². The van der Waals surface area contributed by atoms with Crippen LogP contribution in [0.25, 0.3) is 58.8 Å². The fourth-order valence-corrected chi connectivity index (χ4v) is 23.4. The van der Waals surface area contributed by atoms with Gasteiger partial charge in [0, 0.05) is 87.5 Å². The first kappa shape index (κ1) is 102. The van der Waals surface area contributed by atoms with Crippen molar-refractivity contribution < 1.29 is 32.7 Å². The lowest BCUT2D eigenvalue weighted by atomic mass is 9.99. The highest BCUT2D eigenvalue weighted by molar-refractivity contribution is 7.16. The summed E-state index contributed by atoms with van der Waals surface area (Å²) in [6.07, 6.45) is 8.05. The van der Waals surface area contributed by atoms with E-state index in [-0.39, 0.29) is 49.6 Å². The molecule has 12 aromatic rings. The number of likely N-dealkylation sites (N-methyl/N-ethyl adjacent to an activating group) is 1. The van der Waals surface area contributed by atoms with Crippen molar-refractivity contribution in [1.82, 2.24) is 73.8 Å². The average Bonchev–Trinajstić information content (AvgIpc) is 1.60. The Balaban J connectivity index is 0.000000144. The van der Waals surface area contributed by atoms with Gasteiger partial charge in [0.25, 0.3) is 5.92 Å². The third-order valence-electron chi connectivity index (χ3n) is 25.7. The maximum Gasteiger partial charge on any atom is 0.308 e. The van der Waals surface area contributed by atoms with Crippen LogP contribution in [0.1, 0.15) is 248 Å². The number of alkyl halides is 2. The Morgan fingerprint density at radius 3 is 0.965 bits per heavy atom. The number of unbranched alkanes of at least 4 members (excludes halogenated alkanes) is 1. The van der Waals surface area contributed by atoms with Gasteiger partial charge < -0.3 is 38.8 Å². The number of thiophene rings is 4. The molecule has 32 nitrogen and oxygen atoms in total. The van der Waals surface area contributed by atoms with Gasteiger partial charge in [-0.15, -0.1) is 86.1 Å². The number of esters is 1. The van der Waals surface area contributed by atoms with Crippen molar-refractivity contribution in [3.8, 4) is 20.0 Å². The Morgan fingerprint density at radius 2 is 0.671 bits per heavy atom. The second-order valence-electron chi connectivity index (χ2n) is 35.9. The molecule has 0 saturated carbocycles. The van der Waals surface area contributed by atoms with Gasteiger partial charge in [0.05, 0.1) is 75.1 Å². The van der Waals surface area contributed by atoms with E-state index in [1.807, 2.05) is 98.6 Å². The lowest BCUT2D eigenvalue weighted by Crippen LogP contribution is -2.44. The number of aliphatic imine (C=N–C) groups is 4. The molecule has 0 radical (unpaired) electrons. The molecule has 0 aliphatic carbocycles. The summed E-state index contributed by atoms with van der Waals surface area (Å²) < 4.78 is 39.1. The maximum absolute atomic E-state index is 13.3. The zero-order valence-corrected chi connectivity index (χ0v) is 84.5. The van der Waals surface area contributed by atoms with Crippen LogP contribution < -0.4 is 0 Å². The lowest BCUT2D eigenvalue weighted by Gasteiger charge is -2.32. The number of Topliss-reactive ketones (excluding diaryl/α,β-unsaturated/α-hetero) is 3. The molecule has 4 aromatic carbocycles. The van der Waals surface area contributed by atoms with E-state index >= 15 is 0 Å². The summed E-state index contributed by atoms with van der Waals surface area (Å²) in [6, 6.07) is 26.8. The van der Waals surface area contributed by atoms with Crippen LogP contribution in [0.4, 0.5) is 31.5 Å². The standard InChI is InChI=1S/C30H34N8OS.C29H31N7OS.C24H20F2N6O2S.C22H18N6OS/c1-20-26(19-31-3)40-30-27(20)28(22-9-11-23(32-4)12-10-22)33-25(29-35-34-21(2)38(29)30)18-24(39)8-6-7-13-37-16-14-36(5)15-17-37;1-19-25(18-30-3)38-29-26(19)27(21-10-12-22(31-4)13-11-21)32-24(28-34-33-20(2)36(28)29)17-23(37)9-8-16-35-14-6-5-7-15-35;1-13-18(11-27-4)35-23-20(13)21(15-6-8-16(28-5)9-7-15)29-17(22-31-30-14(2)32(22)23)10-19(33)34-12-24(3,25)26;1-12(29)10-17-21-27-26-14(3)28(21)22-19(13(2)18(30-22)11-23-4)20(25-17)15-6-8-16(24-5)9-7-15/h9-12,25H,6-8,13-19H2,1-2,5H3;10-13,24H,5-9,14-18H2,1-2H3;6-9,17H,10-12H2,1-3H3;6-9,17H,10-11H2,1-3H3/t25-;24-;2*17-/m0000/s1. The van der Waals surface area contributed by atoms with Gasteiger partial charge in [0.2, 0.25) is 26.2 Å². The number of ether oxygens (including phenoxy) is 1. The van der Waals surface area contributed by atoms with E-state index in [9.17, 15) is 28.0 Å². The average molecular weight is 1990 g/mol. The minimum absolute atomic E-state index is 0.0225. The Labute approximate surface area is 844 Å². The van der Waals surface area contributed by atoms with E-state index in [1.165, 1.54) is 30.6 Å². The van der Waals surface area contributed by atoms with E-state index in [1.54, 1.807) is 113 Å². The zero-order valence-electron chi connectivity index (χ0n) is 81.2. The number of halogens is 2. The molecule has 6 aliphatic rings. The van der Waals surface area contributed by atoms with Crippen molar-refractivity contribution in [2.45, 2.75) is 203 Å². The van der Waals surface area contributed by atoms with Gasteiger partial charge in [-0.3, -0.25) is 57.4 Å². The van der Waals surface area contributed by atoms with Gasteiger partial charge in [0.1, 0.15) is 84.8 Å². The second-order valence-corrected chi connectivity index (χ2v) is 40.2. The van der Waals surface area contributed by atoms with Gasteiger partial charge in [-0.05, 0) is 172 Å². The number of ketones is 3. The number of piperazine rings is 1. The van der Waals surface area contributed by atoms with Gasteiger partial charge in [0.15, 0.2) is 52.7 Å². The first-order chi connectivity index (χ1) is 68.9. The first-order valence-electron chi connectivity index (χ1n) is 46.9. The topological polar surface area (TPSA) is 294 Å². The Hall–Kier alpha value is -14.9. The van der Waals surface area contributed by atoms with E-state index in [0.717, 1.165) is 207 Å². The number of fused-ring (bicyclic) bond motifs is 12. The summed E-state index contributed by atoms with van der Waals surface area (Å²) in [5.41, 5.74) is 15.9. The summed E-state index contributed by atoms with van der Waals surface area (Å²) in [6.45, 7) is 85.0.